The quantitative estimate of drug-likeness (QED) is 0.405. The number of carbonyl (C=O) groups is 1. The van der Waals surface area contributed by atoms with Crippen molar-refractivity contribution in [2.24, 2.45) is 35.0 Å². The summed E-state index contributed by atoms with van der Waals surface area (Å²) in [5, 5.41) is 0. The Morgan fingerprint density at radius 3 is 2.30 bits per heavy atom. The summed E-state index contributed by atoms with van der Waals surface area (Å²) in [5.41, 5.74) is 3.70. The summed E-state index contributed by atoms with van der Waals surface area (Å²) in [6.07, 6.45) is 12.8. The van der Waals surface area contributed by atoms with Gasteiger partial charge in [-0.3, -0.25) is 4.79 Å². The second-order valence-corrected chi connectivity index (χ2v) is 14.1. The van der Waals surface area contributed by atoms with Gasteiger partial charge in [0.1, 0.15) is 0 Å². The molecule has 3 heteroatoms. The van der Waals surface area contributed by atoms with E-state index < -0.39 is 0 Å². The number of carbonyl (C=O) groups excluding carboxylic acids is 1. The highest BCUT2D eigenvalue weighted by Gasteiger charge is 2.52. The zero-order valence-electron chi connectivity index (χ0n) is 20.9. The molecule has 1 aromatic carbocycles. The normalized spacial score (nSPS) is 36.4. The zero-order valence-corrected chi connectivity index (χ0v) is 22.5. The van der Waals surface area contributed by atoms with Gasteiger partial charge in [-0.25, -0.2) is 0 Å². The van der Waals surface area contributed by atoms with Crippen molar-refractivity contribution in [2.75, 3.05) is 13.1 Å². The number of hydrogen-bond donors (Lipinski definition) is 0. The molecule has 1 heterocycles. The minimum Gasteiger partial charge on any atom is -0.343 e. The van der Waals surface area contributed by atoms with Gasteiger partial charge in [-0.05, 0) is 109 Å². The molecule has 5 fully saturated rings. The van der Waals surface area contributed by atoms with Gasteiger partial charge >= 0.3 is 0 Å². The molecule has 4 saturated carbocycles. The summed E-state index contributed by atoms with van der Waals surface area (Å²) in [6.45, 7) is 9.14. The van der Waals surface area contributed by atoms with Gasteiger partial charge in [0.25, 0.3) is 0 Å². The topological polar surface area (TPSA) is 20.3 Å². The monoisotopic (exact) mass is 511 g/mol. The van der Waals surface area contributed by atoms with Crippen molar-refractivity contribution >= 4 is 21.8 Å². The molecule has 0 N–H and O–H groups in total. The summed E-state index contributed by atoms with van der Waals surface area (Å²) >= 11 is 3.94. The fraction of sp³-hybridized carbons (Fsp3) is 0.767. The van der Waals surface area contributed by atoms with E-state index in [1.54, 1.807) is 11.1 Å². The van der Waals surface area contributed by atoms with E-state index in [0.29, 0.717) is 23.2 Å². The van der Waals surface area contributed by atoms with E-state index >= 15 is 0 Å². The molecule has 1 aromatic rings. The van der Waals surface area contributed by atoms with Crippen LogP contribution >= 0.6 is 15.9 Å². The molecule has 0 aromatic heterocycles. The first-order chi connectivity index (χ1) is 15.8. The summed E-state index contributed by atoms with van der Waals surface area (Å²) in [4.78, 5) is 15.7. The molecule has 1 atom stereocenters. The molecule has 7 rings (SSSR count). The Bertz CT molecular complexity index is 899. The minimum atomic E-state index is 0.242. The van der Waals surface area contributed by atoms with Crippen molar-refractivity contribution in [1.29, 1.82) is 0 Å². The Labute approximate surface area is 209 Å². The lowest BCUT2D eigenvalue weighted by Crippen LogP contribution is -2.49. The molecular formula is C30H42BrNO. The number of fused-ring (bicyclic) bond motifs is 2. The fourth-order valence-corrected chi connectivity index (χ4v) is 10.1. The summed E-state index contributed by atoms with van der Waals surface area (Å²) in [6, 6.07) is 6.86. The maximum absolute atomic E-state index is 13.5. The van der Waals surface area contributed by atoms with Crippen molar-refractivity contribution in [2.45, 2.75) is 96.3 Å². The van der Waals surface area contributed by atoms with Crippen LogP contribution in [0.4, 0.5) is 0 Å². The molecule has 6 aliphatic rings. The first-order valence-electron chi connectivity index (χ1n) is 13.9. The standard InChI is InChI=1S/C30H42BrNO/c1-4-29(2,3)25-18-30(28-23(25)6-5-7-26(28)31)8-10-32(11-9-30)27(33)17-24-21-13-19-12-20(15-21)16-22(24)14-19/h5-7,19-22,24-25H,4,8-18H2,1-3H3. The fourth-order valence-electron chi connectivity index (χ4n) is 9.28. The Hall–Kier alpha value is -0.830. The first kappa shape index (κ1) is 22.6. The van der Waals surface area contributed by atoms with E-state index in [1.165, 1.54) is 49.4 Å². The highest BCUT2D eigenvalue weighted by atomic mass is 79.9. The molecule has 1 unspecified atom stereocenters. The van der Waals surface area contributed by atoms with Crippen LogP contribution in [0.15, 0.2) is 22.7 Å². The van der Waals surface area contributed by atoms with Crippen LogP contribution in [0.2, 0.25) is 0 Å². The van der Waals surface area contributed by atoms with Gasteiger partial charge in [0.05, 0.1) is 0 Å². The first-order valence-corrected chi connectivity index (χ1v) is 14.7. The predicted molar refractivity (Wildman–Crippen MR) is 138 cm³/mol. The summed E-state index contributed by atoms with van der Waals surface area (Å²) in [7, 11) is 0. The van der Waals surface area contributed by atoms with Crippen molar-refractivity contribution in [3.05, 3.63) is 33.8 Å². The lowest BCUT2D eigenvalue weighted by atomic mass is 9.51. The number of piperidine rings is 1. The third-order valence-electron chi connectivity index (χ3n) is 11.3. The Balaban J connectivity index is 1.16. The molecule has 5 aliphatic carbocycles. The van der Waals surface area contributed by atoms with Crippen molar-refractivity contribution in [3.63, 3.8) is 0 Å². The van der Waals surface area contributed by atoms with Crippen LogP contribution < -0.4 is 0 Å². The SMILES string of the molecule is CCC(C)(C)C1CC2(CCN(C(=O)CC3C4CC5CC(C4)CC3C5)CC2)c2c(Br)cccc21. The van der Waals surface area contributed by atoms with E-state index in [9.17, 15) is 4.79 Å². The van der Waals surface area contributed by atoms with Gasteiger partial charge in [0, 0.05) is 29.4 Å². The maximum Gasteiger partial charge on any atom is 0.222 e. The van der Waals surface area contributed by atoms with Gasteiger partial charge in [-0.15, -0.1) is 0 Å². The third kappa shape index (κ3) is 3.66. The second-order valence-electron chi connectivity index (χ2n) is 13.3. The van der Waals surface area contributed by atoms with E-state index in [0.717, 1.165) is 56.0 Å². The van der Waals surface area contributed by atoms with Crippen LogP contribution in [-0.2, 0) is 10.2 Å². The third-order valence-corrected chi connectivity index (χ3v) is 12.0. The Morgan fingerprint density at radius 2 is 1.70 bits per heavy atom. The number of rotatable bonds is 4. The average molecular weight is 513 g/mol. The van der Waals surface area contributed by atoms with Crippen LogP contribution in [-0.4, -0.2) is 23.9 Å². The van der Waals surface area contributed by atoms with Crippen LogP contribution in [0.3, 0.4) is 0 Å². The van der Waals surface area contributed by atoms with Crippen molar-refractivity contribution < 1.29 is 4.79 Å². The number of nitrogens with zero attached hydrogens (tertiary/aromatic N) is 1. The van der Waals surface area contributed by atoms with E-state index in [1.807, 2.05) is 0 Å². The number of hydrogen-bond acceptors (Lipinski definition) is 1. The highest BCUT2D eigenvalue weighted by Crippen LogP contribution is 2.60. The summed E-state index contributed by atoms with van der Waals surface area (Å²) in [5.74, 6) is 5.48. The number of likely N-dealkylation sites (tertiary alicyclic amines) is 1. The highest BCUT2D eigenvalue weighted by molar-refractivity contribution is 9.10. The zero-order chi connectivity index (χ0) is 23.0. The molecule has 1 aliphatic heterocycles. The number of halogens is 1. The van der Waals surface area contributed by atoms with Crippen molar-refractivity contribution in [3.8, 4) is 0 Å². The van der Waals surface area contributed by atoms with Gasteiger partial charge in [-0.1, -0.05) is 55.3 Å². The molecule has 2 nitrogen and oxygen atoms in total. The molecule has 1 saturated heterocycles. The average Bonchev–Trinajstić information content (AvgIpc) is 3.12. The number of benzene rings is 1. The van der Waals surface area contributed by atoms with Crippen LogP contribution in [0.1, 0.15) is 102 Å². The van der Waals surface area contributed by atoms with Gasteiger partial charge < -0.3 is 4.90 Å². The maximum atomic E-state index is 13.5. The molecular weight excluding hydrogens is 470 g/mol. The van der Waals surface area contributed by atoms with Crippen LogP contribution in [0, 0.1) is 35.0 Å². The van der Waals surface area contributed by atoms with Gasteiger partial charge in [-0.2, -0.15) is 0 Å². The molecule has 1 spiro atoms. The van der Waals surface area contributed by atoms with E-state index in [-0.39, 0.29) is 5.41 Å². The van der Waals surface area contributed by atoms with E-state index in [4.69, 9.17) is 0 Å². The largest absolute Gasteiger partial charge is 0.343 e. The number of amides is 1. The van der Waals surface area contributed by atoms with Gasteiger partial charge in [0.2, 0.25) is 5.91 Å². The molecule has 1 amide bonds. The summed E-state index contributed by atoms with van der Waals surface area (Å²) < 4.78 is 1.29. The van der Waals surface area contributed by atoms with Crippen molar-refractivity contribution in [1.82, 2.24) is 4.90 Å². The Kier molecular flexibility index (Phi) is 5.56. The molecule has 4 bridgehead atoms. The second kappa shape index (κ2) is 8.10. The lowest BCUT2D eigenvalue weighted by Gasteiger charge is -2.54. The minimum absolute atomic E-state index is 0.242. The lowest BCUT2D eigenvalue weighted by molar-refractivity contribution is -0.138. The van der Waals surface area contributed by atoms with E-state index in [2.05, 4.69) is 59.8 Å². The van der Waals surface area contributed by atoms with Crippen LogP contribution in [0.5, 0.6) is 0 Å². The molecule has 180 valence electrons. The van der Waals surface area contributed by atoms with Gasteiger partial charge in [0.15, 0.2) is 0 Å². The predicted octanol–water partition coefficient (Wildman–Crippen LogP) is 7.70. The molecule has 0 radical (unpaired) electrons. The van der Waals surface area contributed by atoms with Crippen LogP contribution in [0.25, 0.3) is 0 Å². The molecule has 33 heavy (non-hydrogen) atoms. The Morgan fingerprint density at radius 1 is 1.06 bits per heavy atom. The smallest absolute Gasteiger partial charge is 0.222 e.